The van der Waals surface area contributed by atoms with E-state index < -0.39 is 59.5 Å². The average Bonchev–Trinajstić information content (AvgIpc) is 3.15. The molecule has 0 spiro atoms. The number of aliphatic hydroxyl groups excluding tert-OH is 1. The molecular weight excluding hydrogens is 456 g/mol. The summed E-state index contributed by atoms with van der Waals surface area (Å²) in [7, 11) is 1.34. The quantitative estimate of drug-likeness (QED) is 0.585. The first-order chi connectivity index (χ1) is 16.6. The molecule has 2 unspecified atom stereocenters. The molecule has 0 bridgehead atoms. The first-order valence-electron chi connectivity index (χ1n) is 11.7. The topological polar surface area (TPSA) is 98.7 Å². The predicted molar refractivity (Wildman–Crippen MR) is 124 cm³/mol. The van der Waals surface area contributed by atoms with Crippen LogP contribution in [0.4, 0.5) is 8.78 Å². The zero-order valence-electron chi connectivity index (χ0n) is 19.8. The molecule has 35 heavy (non-hydrogen) atoms. The van der Waals surface area contributed by atoms with Crippen LogP contribution in [-0.4, -0.2) is 46.9 Å². The molecule has 3 amide bonds. The minimum Gasteiger partial charge on any atom is -0.388 e. The molecule has 0 aromatic heterocycles. The molecule has 1 heterocycles. The largest absolute Gasteiger partial charge is 0.388 e. The van der Waals surface area contributed by atoms with E-state index in [9.17, 15) is 28.3 Å². The third-order valence-corrected chi connectivity index (χ3v) is 6.84. The summed E-state index contributed by atoms with van der Waals surface area (Å²) in [5.74, 6) is -4.29. The van der Waals surface area contributed by atoms with Crippen LogP contribution in [0.15, 0.2) is 42.5 Å². The molecule has 2 aromatic carbocycles. The number of halogens is 2. The summed E-state index contributed by atoms with van der Waals surface area (Å²) < 4.78 is 28.6. The summed E-state index contributed by atoms with van der Waals surface area (Å²) >= 11 is 0. The zero-order chi connectivity index (χ0) is 25.4. The lowest BCUT2D eigenvalue weighted by molar-refractivity contribution is -0.159. The highest BCUT2D eigenvalue weighted by Gasteiger charge is 2.51. The van der Waals surface area contributed by atoms with Crippen molar-refractivity contribution < 1.29 is 28.3 Å². The maximum atomic E-state index is 14.9. The average molecular weight is 486 g/mol. The molecule has 2 aliphatic rings. The number of carbonyl (C=O) groups is 3. The number of carbonyl (C=O) groups excluding carboxylic acids is 3. The van der Waals surface area contributed by atoms with Gasteiger partial charge in [-0.1, -0.05) is 44.2 Å². The van der Waals surface area contributed by atoms with Gasteiger partial charge in [0.05, 0.1) is 6.10 Å². The molecule has 1 fully saturated rings. The van der Waals surface area contributed by atoms with Crippen molar-refractivity contribution in [2.45, 2.75) is 50.9 Å². The molecule has 0 radical (unpaired) electrons. The van der Waals surface area contributed by atoms with Crippen molar-refractivity contribution in [3.8, 4) is 0 Å². The molecule has 5 atom stereocenters. The van der Waals surface area contributed by atoms with E-state index in [1.807, 2.05) is 26.0 Å². The van der Waals surface area contributed by atoms with E-state index in [-0.39, 0.29) is 17.9 Å². The number of likely N-dealkylation sites (N-methyl/N-ethyl adjacent to an activating group) is 1. The first-order valence-corrected chi connectivity index (χ1v) is 11.7. The number of hydrogen-bond donors (Lipinski definition) is 3. The van der Waals surface area contributed by atoms with Gasteiger partial charge < -0.3 is 20.6 Å². The van der Waals surface area contributed by atoms with E-state index in [0.717, 1.165) is 22.6 Å². The van der Waals surface area contributed by atoms with Crippen LogP contribution in [0.1, 0.15) is 49.1 Å². The maximum Gasteiger partial charge on any atom is 0.247 e. The second-order valence-corrected chi connectivity index (χ2v) is 9.57. The van der Waals surface area contributed by atoms with Crippen molar-refractivity contribution in [1.82, 2.24) is 15.5 Å². The minimum absolute atomic E-state index is 0.0256. The number of aliphatic hydroxyl groups is 1. The summed E-state index contributed by atoms with van der Waals surface area (Å²) in [5.41, 5.74) is 1.34. The van der Waals surface area contributed by atoms with E-state index in [4.69, 9.17) is 0 Å². The van der Waals surface area contributed by atoms with Gasteiger partial charge in [-0.3, -0.25) is 14.4 Å². The summed E-state index contributed by atoms with van der Waals surface area (Å²) in [6, 6.07) is 6.35. The summed E-state index contributed by atoms with van der Waals surface area (Å²) in [6.45, 7) is 3.74. The van der Waals surface area contributed by atoms with Crippen molar-refractivity contribution in [1.29, 1.82) is 0 Å². The van der Waals surface area contributed by atoms with E-state index in [0.29, 0.717) is 18.1 Å². The molecule has 1 saturated heterocycles. The smallest absolute Gasteiger partial charge is 0.247 e. The van der Waals surface area contributed by atoms with Crippen LogP contribution in [0.5, 0.6) is 0 Å². The van der Waals surface area contributed by atoms with Gasteiger partial charge in [0.15, 0.2) is 0 Å². The molecule has 186 valence electrons. The highest BCUT2D eigenvalue weighted by Crippen LogP contribution is 2.41. The molecule has 1 aliphatic heterocycles. The number of nitrogens with one attached hydrogen (secondary N) is 2. The third kappa shape index (κ3) is 4.52. The molecule has 3 N–H and O–H groups in total. The van der Waals surface area contributed by atoms with Crippen LogP contribution in [0, 0.1) is 23.5 Å². The van der Waals surface area contributed by atoms with Crippen molar-refractivity contribution in [3.63, 3.8) is 0 Å². The van der Waals surface area contributed by atoms with E-state index in [1.165, 1.54) is 7.05 Å². The normalized spacial score (nSPS) is 24.8. The Bertz CT molecular complexity index is 1160. The van der Waals surface area contributed by atoms with E-state index in [2.05, 4.69) is 10.6 Å². The van der Waals surface area contributed by atoms with Gasteiger partial charge in [-0.05, 0) is 36.0 Å². The van der Waals surface area contributed by atoms with Crippen LogP contribution in [0.3, 0.4) is 0 Å². The van der Waals surface area contributed by atoms with Crippen LogP contribution < -0.4 is 10.6 Å². The number of piperazine rings is 1. The Kier molecular flexibility index (Phi) is 6.89. The fraction of sp³-hybridized carbons (Fsp3) is 0.423. The molecular formula is C26H29F2N3O4. The summed E-state index contributed by atoms with van der Waals surface area (Å²) in [4.78, 5) is 41.5. The van der Waals surface area contributed by atoms with Crippen molar-refractivity contribution in [2.75, 3.05) is 7.05 Å². The molecule has 9 heteroatoms. The van der Waals surface area contributed by atoms with Crippen molar-refractivity contribution in [3.05, 3.63) is 70.8 Å². The standard InChI is InChI=1S/C26H29F2N3O4/c1-13(2)10-20-24(33)30-21(18-11-14-6-4-5-7-16(14)23(18)32)26(35)31(20)22(25(34)29-3)17-9-8-15(27)12-19(17)28/h4-9,12-13,18,20-23,32H,10-11H2,1-3H3,(H,29,34)(H,30,33)/t18?,20-,21-,22-,23?/m1/s1. The Labute approximate surface area is 202 Å². The lowest BCUT2D eigenvalue weighted by atomic mass is 9.87. The highest BCUT2D eigenvalue weighted by molar-refractivity contribution is 6.00. The van der Waals surface area contributed by atoms with Gasteiger partial charge >= 0.3 is 0 Å². The van der Waals surface area contributed by atoms with Crippen molar-refractivity contribution in [2.24, 2.45) is 11.8 Å². The third-order valence-electron chi connectivity index (χ3n) is 6.84. The Morgan fingerprint density at radius 3 is 2.54 bits per heavy atom. The second-order valence-electron chi connectivity index (χ2n) is 9.57. The molecule has 7 nitrogen and oxygen atoms in total. The number of rotatable bonds is 6. The van der Waals surface area contributed by atoms with Gasteiger partial charge in [-0.2, -0.15) is 0 Å². The highest BCUT2D eigenvalue weighted by atomic mass is 19.1. The zero-order valence-corrected chi connectivity index (χ0v) is 19.8. The van der Waals surface area contributed by atoms with Gasteiger partial charge in [-0.25, -0.2) is 8.78 Å². The lowest BCUT2D eigenvalue weighted by Crippen LogP contribution is -2.67. The van der Waals surface area contributed by atoms with Gasteiger partial charge in [0.25, 0.3) is 0 Å². The van der Waals surface area contributed by atoms with Gasteiger partial charge in [-0.15, -0.1) is 0 Å². The Morgan fingerprint density at radius 2 is 1.91 bits per heavy atom. The first kappa shape index (κ1) is 24.8. The molecule has 2 aromatic rings. The van der Waals surface area contributed by atoms with Crippen LogP contribution in [0.2, 0.25) is 0 Å². The SMILES string of the molecule is CNC(=O)[C@@H](c1ccc(F)cc1F)N1C(=O)[C@@H](C2Cc3ccccc3C2O)NC(=O)[C@H]1CC(C)C. The molecule has 1 aliphatic carbocycles. The van der Waals surface area contributed by atoms with Crippen LogP contribution >= 0.6 is 0 Å². The number of nitrogens with zero attached hydrogens (tertiary/aromatic N) is 1. The minimum atomic E-state index is -1.49. The monoisotopic (exact) mass is 485 g/mol. The number of amides is 3. The Balaban J connectivity index is 1.79. The number of benzene rings is 2. The van der Waals surface area contributed by atoms with Crippen molar-refractivity contribution >= 4 is 17.7 Å². The Morgan fingerprint density at radius 1 is 1.20 bits per heavy atom. The van der Waals surface area contributed by atoms with Crippen LogP contribution in [-0.2, 0) is 20.8 Å². The van der Waals surface area contributed by atoms with Gasteiger partial charge in [0.1, 0.15) is 29.8 Å². The fourth-order valence-corrected chi connectivity index (χ4v) is 5.20. The van der Waals surface area contributed by atoms with E-state index >= 15 is 0 Å². The summed E-state index contributed by atoms with van der Waals surface area (Å²) in [5, 5.41) is 16.2. The molecule has 4 rings (SSSR count). The van der Waals surface area contributed by atoms with Crippen LogP contribution in [0.25, 0.3) is 0 Å². The number of hydrogen-bond acceptors (Lipinski definition) is 4. The van der Waals surface area contributed by atoms with Gasteiger partial charge in [0, 0.05) is 24.6 Å². The summed E-state index contributed by atoms with van der Waals surface area (Å²) in [6.07, 6.45) is -0.412. The van der Waals surface area contributed by atoms with E-state index in [1.54, 1.807) is 12.1 Å². The molecule has 0 saturated carbocycles. The number of fused-ring (bicyclic) bond motifs is 1. The van der Waals surface area contributed by atoms with Gasteiger partial charge in [0.2, 0.25) is 17.7 Å². The fourth-order valence-electron chi connectivity index (χ4n) is 5.20. The maximum absolute atomic E-state index is 14.9. The second kappa shape index (κ2) is 9.73. The predicted octanol–water partition coefficient (Wildman–Crippen LogP) is 2.40. The lowest BCUT2D eigenvalue weighted by Gasteiger charge is -2.45. The Hall–Kier alpha value is -3.33.